The summed E-state index contributed by atoms with van der Waals surface area (Å²) in [4.78, 5) is 28.3. The summed E-state index contributed by atoms with van der Waals surface area (Å²) in [6.07, 6.45) is 0.368. The lowest BCUT2D eigenvalue weighted by Crippen LogP contribution is -2.49. The second-order valence-corrected chi connectivity index (χ2v) is 7.77. The predicted octanol–water partition coefficient (Wildman–Crippen LogP) is 2.48. The minimum atomic E-state index is 0.00337. The maximum atomic E-state index is 12.4. The second kappa shape index (κ2) is 9.39. The molecule has 1 fully saturated rings. The molecule has 2 heterocycles. The molecule has 1 amide bonds. The smallest absolute Gasteiger partial charge is 0.307 e. The molecule has 0 saturated carbocycles. The highest BCUT2D eigenvalue weighted by atomic mass is 35.5. The standard InChI is InChI=1S/C19H24ClN3O3S/c1-15-14-27-19(25)23(15)7-6-18(24)22-10-8-21(9-11-22)12-13-26-17-5-3-2-4-16(17)20/h2-5,14H,6-13H2,1H3. The number of nitrogens with zero attached hydrogens (tertiary/aromatic N) is 3. The van der Waals surface area contributed by atoms with Gasteiger partial charge < -0.3 is 14.2 Å². The van der Waals surface area contributed by atoms with E-state index in [2.05, 4.69) is 4.90 Å². The zero-order valence-corrected chi connectivity index (χ0v) is 17.0. The molecule has 0 radical (unpaired) electrons. The first-order valence-corrected chi connectivity index (χ1v) is 10.3. The van der Waals surface area contributed by atoms with Gasteiger partial charge in [0.2, 0.25) is 5.91 Å². The van der Waals surface area contributed by atoms with Crippen molar-refractivity contribution >= 4 is 28.8 Å². The number of benzene rings is 1. The number of carbonyl (C=O) groups is 1. The first-order valence-electron chi connectivity index (χ1n) is 9.07. The normalized spacial score (nSPS) is 15.1. The highest BCUT2D eigenvalue weighted by Gasteiger charge is 2.21. The van der Waals surface area contributed by atoms with Gasteiger partial charge in [0.25, 0.3) is 0 Å². The van der Waals surface area contributed by atoms with Crippen LogP contribution < -0.4 is 9.61 Å². The van der Waals surface area contributed by atoms with E-state index in [0.29, 0.717) is 43.4 Å². The van der Waals surface area contributed by atoms with Crippen molar-refractivity contribution in [3.05, 3.63) is 50.0 Å². The Morgan fingerprint density at radius 2 is 1.93 bits per heavy atom. The summed E-state index contributed by atoms with van der Waals surface area (Å²) < 4.78 is 7.40. The van der Waals surface area contributed by atoms with Crippen LogP contribution in [-0.4, -0.2) is 59.6 Å². The molecule has 0 spiro atoms. The summed E-state index contributed by atoms with van der Waals surface area (Å²) in [5, 5.41) is 2.45. The van der Waals surface area contributed by atoms with Crippen molar-refractivity contribution < 1.29 is 9.53 Å². The number of ether oxygens (including phenoxy) is 1. The lowest BCUT2D eigenvalue weighted by atomic mass is 10.2. The van der Waals surface area contributed by atoms with Gasteiger partial charge in [-0.3, -0.25) is 14.5 Å². The first-order chi connectivity index (χ1) is 13.0. The topological polar surface area (TPSA) is 54.8 Å². The van der Waals surface area contributed by atoms with E-state index in [1.165, 1.54) is 11.3 Å². The zero-order valence-electron chi connectivity index (χ0n) is 15.4. The van der Waals surface area contributed by atoms with Crippen LogP contribution in [0.2, 0.25) is 5.02 Å². The Morgan fingerprint density at radius 3 is 2.59 bits per heavy atom. The minimum Gasteiger partial charge on any atom is -0.491 e. The molecule has 3 rings (SSSR count). The second-order valence-electron chi connectivity index (χ2n) is 6.55. The van der Waals surface area contributed by atoms with Crippen molar-refractivity contribution in [2.45, 2.75) is 19.9 Å². The van der Waals surface area contributed by atoms with E-state index in [1.807, 2.05) is 41.5 Å². The van der Waals surface area contributed by atoms with E-state index in [9.17, 15) is 9.59 Å². The number of halogens is 1. The van der Waals surface area contributed by atoms with Gasteiger partial charge >= 0.3 is 4.87 Å². The molecule has 146 valence electrons. The highest BCUT2D eigenvalue weighted by molar-refractivity contribution is 7.07. The lowest BCUT2D eigenvalue weighted by molar-refractivity contribution is -0.133. The van der Waals surface area contributed by atoms with Crippen LogP contribution in [0.1, 0.15) is 12.1 Å². The Balaban J connectivity index is 1.37. The fraction of sp³-hybridized carbons (Fsp3) is 0.474. The van der Waals surface area contributed by atoms with E-state index in [1.54, 1.807) is 4.57 Å². The van der Waals surface area contributed by atoms with E-state index in [4.69, 9.17) is 16.3 Å². The third kappa shape index (κ3) is 5.34. The number of aromatic nitrogens is 1. The van der Waals surface area contributed by atoms with Crippen molar-refractivity contribution in [2.75, 3.05) is 39.3 Å². The molecule has 0 bridgehead atoms. The van der Waals surface area contributed by atoms with Gasteiger partial charge in [-0.1, -0.05) is 35.1 Å². The molecule has 2 aromatic rings. The maximum Gasteiger partial charge on any atom is 0.307 e. The zero-order chi connectivity index (χ0) is 19.2. The number of aryl methyl sites for hydroxylation is 1. The van der Waals surface area contributed by atoms with Crippen LogP contribution in [-0.2, 0) is 11.3 Å². The summed E-state index contributed by atoms with van der Waals surface area (Å²) in [6.45, 7) is 6.80. The van der Waals surface area contributed by atoms with Gasteiger partial charge in [0, 0.05) is 56.8 Å². The Bertz CT molecular complexity index is 828. The molecule has 27 heavy (non-hydrogen) atoms. The number of rotatable bonds is 7. The van der Waals surface area contributed by atoms with Crippen LogP contribution in [0.25, 0.3) is 0 Å². The van der Waals surface area contributed by atoms with Crippen molar-refractivity contribution in [1.29, 1.82) is 0 Å². The fourth-order valence-electron chi connectivity index (χ4n) is 3.11. The van der Waals surface area contributed by atoms with Gasteiger partial charge in [-0.05, 0) is 19.1 Å². The molecule has 0 aliphatic carbocycles. The monoisotopic (exact) mass is 409 g/mol. The Kier molecular flexibility index (Phi) is 6.93. The molecule has 0 atom stereocenters. The number of carbonyl (C=O) groups excluding carboxylic acids is 1. The van der Waals surface area contributed by atoms with Crippen molar-refractivity contribution in [2.24, 2.45) is 0 Å². The Hall–Kier alpha value is -1.83. The van der Waals surface area contributed by atoms with Gasteiger partial charge in [0.05, 0.1) is 5.02 Å². The maximum absolute atomic E-state index is 12.4. The molecule has 1 aromatic carbocycles. The van der Waals surface area contributed by atoms with Crippen molar-refractivity contribution in [3.8, 4) is 5.75 Å². The third-order valence-corrected chi connectivity index (χ3v) is 5.95. The Morgan fingerprint density at radius 1 is 1.19 bits per heavy atom. The summed E-state index contributed by atoms with van der Waals surface area (Å²) in [5.74, 6) is 0.811. The van der Waals surface area contributed by atoms with Crippen molar-refractivity contribution in [1.82, 2.24) is 14.4 Å². The lowest BCUT2D eigenvalue weighted by Gasteiger charge is -2.34. The number of amides is 1. The highest BCUT2D eigenvalue weighted by Crippen LogP contribution is 2.22. The Labute approximate surface area is 167 Å². The van der Waals surface area contributed by atoms with Gasteiger partial charge in [-0.25, -0.2) is 0 Å². The molecule has 1 aromatic heterocycles. The van der Waals surface area contributed by atoms with Crippen molar-refractivity contribution in [3.63, 3.8) is 0 Å². The van der Waals surface area contributed by atoms with Crippen LogP contribution in [0.15, 0.2) is 34.4 Å². The first kappa shape index (κ1) is 19.9. The molecule has 1 aliphatic heterocycles. The van der Waals surface area contributed by atoms with Crippen LogP contribution in [0.3, 0.4) is 0 Å². The molecule has 0 unspecified atom stereocenters. The van der Waals surface area contributed by atoms with Crippen LogP contribution in [0.5, 0.6) is 5.75 Å². The SMILES string of the molecule is Cc1csc(=O)n1CCC(=O)N1CCN(CCOc2ccccc2Cl)CC1. The number of piperazine rings is 1. The predicted molar refractivity (Wildman–Crippen MR) is 108 cm³/mol. The van der Waals surface area contributed by atoms with Crippen LogP contribution >= 0.6 is 22.9 Å². The van der Waals surface area contributed by atoms with E-state index >= 15 is 0 Å². The van der Waals surface area contributed by atoms with Gasteiger partial charge in [-0.2, -0.15) is 0 Å². The summed E-state index contributed by atoms with van der Waals surface area (Å²) in [6, 6.07) is 7.45. The number of thiazole rings is 1. The molecular weight excluding hydrogens is 386 g/mol. The third-order valence-electron chi connectivity index (χ3n) is 4.75. The average molecular weight is 410 g/mol. The van der Waals surface area contributed by atoms with Gasteiger partial charge in [0.15, 0.2) is 0 Å². The molecule has 0 N–H and O–H groups in total. The van der Waals surface area contributed by atoms with Crippen LogP contribution in [0.4, 0.5) is 0 Å². The minimum absolute atomic E-state index is 0.00337. The quantitative estimate of drug-likeness (QED) is 0.705. The molecular formula is C19H24ClN3O3S. The number of para-hydroxylation sites is 1. The van der Waals surface area contributed by atoms with Gasteiger partial charge in [-0.15, -0.1) is 0 Å². The summed E-state index contributed by atoms with van der Waals surface area (Å²) in [7, 11) is 0. The van der Waals surface area contributed by atoms with Crippen LogP contribution in [0, 0.1) is 6.92 Å². The summed E-state index contributed by atoms with van der Waals surface area (Å²) in [5.41, 5.74) is 0.918. The van der Waals surface area contributed by atoms with E-state index in [-0.39, 0.29) is 10.8 Å². The van der Waals surface area contributed by atoms with Gasteiger partial charge in [0.1, 0.15) is 12.4 Å². The number of hydrogen-bond acceptors (Lipinski definition) is 5. The van der Waals surface area contributed by atoms with E-state index < -0.39 is 0 Å². The largest absolute Gasteiger partial charge is 0.491 e. The number of hydrogen-bond donors (Lipinski definition) is 0. The molecule has 6 nitrogen and oxygen atoms in total. The molecule has 1 saturated heterocycles. The fourth-order valence-corrected chi connectivity index (χ4v) is 4.06. The van der Waals surface area contributed by atoms with E-state index in [0.717, 1.165) is 25.3 Å². The average Bonchev–Trinajstić information content (AvgIpc) is 3.00. The summed E-state index contributed by atoms with van der Waals surface area (Å²) >= 11 is 7.26. The molecule has 8 heteroatoms. The molecule has 1 aliphatic rings.